The van der Waals surface area contributed by atoms with E-state index in [-0.39, 0.29) is 12.0 Å². The standard InChI is InChI=1S/C19H21N5O2S/c25-19(17-12-24(23-22-17)11-16-7-4-8-26-16)20-10-15-13-27-18(21-15)9-14-5-2-1-3-6-14/h1-3,5-6,12-13,16H,4,7-11H2,(H,20,25)/t16-/m0/s1. The van der Waals surface area contributed by atoms with Crippen molar-refractivity contribution in [2.24, 2.45) is 0 Å². The molecule has 0 spiro atoms. The molecule has 8 heteroatoms. The summed E-state index contributed by atoms with van der Waals surface area (Å²) >= 11 is 1.61. The van der Waals surface area contributed by atoms with Crippen molar-refractivity contribution >= 4 is 17.2 Å². The van der Waals surface area contributed by atoms with E-state index in [9.17, 15) is 4.79 Å². The molecule has 1 atom stereocenters. The lowest BCUT2D eigenvalue weighted by Crippen LogP contribution is -2.23. The van der Waals surface area contributed by atoms with Crippen molar-refractivity contribution in [3.05, 3.63) is 63.9 Å². The fourth-order valence-electron chi connectivity index (χ4n) is 3.03. The second-order valence-electron chi connectivity index (χ2n) is 6.54. The Balaban J connectivity index is 1.28. The molecule has 1 aromatic carbocycles. The van der Waals surface area contributed by atoms with Gasteiger partial charge in [0.2, 0.25) is 0 Å². The molecular formula is C19H21N5O2S. The fourth-order valence-corrected chi connectivity index (χ4v) is 3.86. The van der Waals surface area contributed by atoms with Gasteiger partial charge in [-0.15, -0.1) is 16.4 Å². The van der Waals surface area contributed by atoms with E-state index in [4.69, 9.17) is 4.74 Å². The van der Waals surface area contributed by atoms with Crippen LogP contribution in [0.5, 0.6) is 0 Å². The van der Waals surface area contributed by atoms with Crippen LogP contribution in [-0.4, -0.2) is 38.6 Å². The topological polar surface area (TPSA) is 81.9 Å². The normalized spacial score (nSPS) is 16.5. The largest absolute Gasteiger partial charge is 0.376 e. The van der Waals surface area contributed by atoms with Crippen molar-refractivity contribution in [2.45, 2.75) is 38.5 Å². The van der Waals surface area contributed by atoms with Crippen LogP contribution in [0.25, 0.3) is 0 Å². The fraction of sp³-hybridized carbons (Fsp3) is 0.368. The molecule has 0 aliphatic carbocycles. The van der Waals surface area contributed by atoms with E-state index in [1.807, 2.05) is 23.6 Å². The number of amides is 1. The molecule has 1 N–H and O–H groups in total. The summed E-state index contributed by atoms with van der Waals surface area (Å²) in [5.41, 5.74) is 2.39. The minimum atomic E-state index is -0.244. The Morgan fingerprint density at radius 1 is 1.33 bits per heavy atom. The Labute approximate surface area is 161 Å². The average Bonchev–Trinajstić information content (AvgIpc) is 3.44. The zero-order valence-corrected chi connectivity index (χ0v) is 15.7. The summed E-state index contributed by atoms with van der Waals surface area (Å²) in [6, 6.07) is 10.2. The van der Waals surface area contributed by atoms with Gasteiger partial charge in [-0.2, -0.15) is 0 Å². The maximum Gasteiger partial charge on any atom is 0.273 e. The number of carbonyl (C=O) groups is 1. The number of thiazole rings is 1. The van der Waals surface area contributed by atoms with Crippen LogP contribution >= 0.6 is 11.3 Å². The second kappa shape index (κ2) is 8.41. The van der Waals surface area contributed by atoms with E-state index in [1.54, 1.807) is 22.2 Å². The maximum absolute atomic E-state index is 12.3. The number of hydrogen-bond acceptors (Lipinski definition) is 6. The van der Waals surface area contributed by atoms with Gasteiger partial charge in [0.1, 0.15) is 0 Å². The molecule has 7 nitrogen and oxygen atoms in total. The molecule has 1 fully saturated rings. The van der Waals surface area contributed by atoms with Crippen LogP contribution < -0.4 is 5.32 Å². The molecule has 1 aliphatic heterocycles. The first kappa shape index (κ1) is 17.8. The van der Waals surface area contributed by atoms with Crippen LogP contribution in [-0.2, 0) is 24.2 Å². The minimum absolute atomic E-state index is 0.167. The number of hydrogen-bond donors (Lipinski definition) is 1. The van der Waals surface area contributed by atoms with Gasteiger partial charge in [-0.05, 0) is 18.4 Å². The highest BCUT2D eigenvalue weighted by molar-refractivity contribution is 7.09. The molecule has 0 saturated carbocycles. The zero-order chi connectivity index (χ0) is 18.5. The number of nitrogens with one attached hydrogen (secondary N) is 1. The van der Waals surface area contributed by atoms with Gasteiger partial charge in [-0.25, -0.2) is 9.67 Å². The molecule has 4 rings (SSSR count). The molecule has 0 unspecified atom stereocenters. The van der Waals surface area contributed by atoms with Crippen LogP contribution in [0.3, 0.4) is 0 Å². The molecule has 0 bridgehead atoms. The first-order valence-electron chi connectivity index (χ1n) is 9.03. The number of ether oxygens (including phenoxy) is 1. The summed E-state index contributed by atoms with van der Waals surface area (Å²) in [7, 11) is 0. The van der Waals surface area contributed by atoms with Gasteiger partial charge < -0.3 is 10.1 Å². The van der Waals surface area contributed by atoms with E-state index in [2.05, 4.69) is 32.7 Å². The molecule has 27 heavy (non-hydrogen) atoms. The third-order valence-electron chi connectivity index (χ3n) is 4.41. The summed E-state index contributed by atoms with van der Waals surface area (Å²) < 4.78 is 7.25. The predicted molar refractivity (Wildman–Crippen MR) is 102 cm³/mol. The third kappa shape index (κ3) is 4.78. The van der Waals surface area contributed by atoms with Crippen LogP contribution in [0.4, 0.5) is 0 Å². The zero-order valence-electron chi connectivity index (χ0n) is 14.9. The van der Waals surface area contributed by atoms with Gasteiger partial charge in [0.25, 0.3) is 5.91 Å². The third-order valence-corrected chi connectivity index (χ3v) is 5.31. The lowest BCUT2D eigenvalue weighted by atomic mass is 10.2. The van der Waals surface area contributed by atoms with Gasteiger partial charge in [0.05, 0.1) is 36.1 Å². The van der Waals surface area contributed by atoms with E-state index in [1.165, 1.54) is 5.56 Å². The Bertz CT molecular complexity index is 886. The lowest BCUT2D eigenvalue weighted by molar-refractivity contribution is 0.0929. The summed E-state index contributed by atoms with van der Waals surface area (Å²) in [5.74, 6) is -0.244. The number of aromatic nitrogens is 4. The van der Waals surface area contributed by atoms with Gasteiger partial charge in [0.15, 0.2) is 5.69 Å². The molecule has 1 aliphatic rings. The molecule has 3 heterocycles. The number of carbonyl (C=O) groups excluding carboxylic acids is 1. The summed E-state index contributed by atoms with van der Waals surface area (Å²) in [6.45, 7) is 1.81. The minimum Gasteiger partial charge on any atom is -0.376 e. The van der Waals surface area contributed by atoms with Crippen molar-refractivity contribution in [2.75, 3.05) is 6.61 Å². The summed E-state index contributed by atoms with van der Waals surface area (Å²) in [4.78, 5) is 16.9. The lowest BCUT2D eigenvalue weighted by Gasteiger charge is -2.07. The number of nitrogens with zero attached hydrogens (tertiary/aromatic N) is 4. The van der Waals surface area contributed by atoms with Crippen molar-refractivity contribution in [3.63, 3.8) is 0 Å². The highest BCUT2D eigenvalue weighted by atomic mass is 32.1. The van der Waals surface area contributed by atoms with Gasteiger partial charge >= 0.3 is 0 Å². The number of benzene rings is 1. The smallest absolute Gasteiger partial charge is 0.273 e. The molecule has 3 aromatic rings. The SMILES string of the molecule is O=C(NCc1csc(Cc2ccccc2)n1)c1cn(C[C@@H]2CCCO2)nn1. The van der Waals surface area contributed by atoms with E-state index in [0.717, 1.165) is 36.6 Å². The van der Waals surface area contributed by atoms with Crippen molar-refractivity contribution in [1.29, 1.82) is 0 Å². The monoisotopic (exact) mass is 383 g/mol. The number of rotatable bonds is 7. The van der Waals surface area contributed by atoms with Crippen LogP contribution in [0.15, 0.2) is 41.9 Å². The Morgan fingerprint density at radius 3 is 3.04 bits per heavy atom. The van der Waals surface area contributed by atoms with E-state index >= 15 is 0 Å². The van der Waals surface area contributed by atoms with Gasteiger partial charge in [0, 0.05) is 18.4 Å². The Hall–Kier alpha value is -2.58. The second-order valence-corrected chi connectivity index (χ2v) is 7.48. The van der Waals surface area contributed by atoms with Crippen molar-refractivity contribution in [3.8, 4) is 0 Å². The molecule has 1 saturated heterocycles. The predicted octanol–water partition coefficient (Wildman–Crippen LogP) is 2.43. The van der Waals surface area contributed by atoms with Gasteiger partial charge in [-0.1, -0.05) is 35.5 Å². The Morgan fingerprint density at radius 2 is 2.22 bits per heavy atom. The molecule has 1 amide bonds. The van der Waals surface area contributed by atoms with Crippen molar-refractivity contribution < 1.29 is 9.53 Å². The molecular weight excluding hydrogens is 362 g/mol. The Kier molecular flexibility index (Phi) is 5.55. The van der Waals surface area contributed by atoms with Crippen LogP contribution in [0.1, 0.15) is 39.6 Å². The van der Waals surface area contributed by atoms with E-state index in [0.29, 0.717) is 18.8 Å². The molecule has 140 valence electrons. The summed E-state index contributed by atoms with van der Waals surface area (Å²) in [6.07, 6.45) is 4.74. The average molecular weight is 383 g/mol. The molecule has 2 aromatic heterocycles. The maximum atomic E-state index is 12.3. The highest BCUT2D eigenvalue weighted by Gasteiger charge is 2.18. The quantitative estimate of drug-likeness (QED) is 0.678. The van der Waals surface area contributed by atoms with Crippen molar-refractivity contribution in [1.82, 2.24) is 25.3 Å². The van der Waals surface area contributed by atoms with Crippen LogP contribution in [0.2, 0.25) is 0 Å². The first-order valence-corrected chi connectivity index (χ1v) is 9.91. The molecule has 0 radical (unpaired) electrons. The van der Waals surface area contributed by atoms with Crippen LogP contribution in [0, 0.1) is 0 Å². The highest BCUT2D eigenvalue weighted by Crippen LogP contribution is 2.15. The first-order chi connectivity index (χ1) is 13.3. The van der Waals surface area contributed by atoms with E-state index < -0.39 is 0 Å². The summed E-state index contributed by atoms with van der Waals surface area (Å²) in [5, 5.41) is 13.8. The van der Waals surface area contributed by atoms with Gasteiger partial charge in [-0.3, -0.25) is 4.79 Å².